The van der Waals surface area contributed by atoms with E-state index in [4.69, 9.17) is 14.5 Å². The van der Waals surface area contributed by atoms with Crippen molar-refractivity contribution in [2.75, 3.05) is 18.1 Å². The summed E-state index contributed by atoms with van der Waals surface area (Å²) in [4.78, 5) is 31.8. The number of nitrogens with zero attached hydrogens (tertiary/aromatic N) is 2. The summed E-state index contributed by atoms with van der Waals surface area (Å²) in [5.41, 5.74) is 2.30. The molecule has 3 aromatic carbocycles. The lowest BCUT2D eigenvalue weighted by molar-refractivity contribution is -0.145. The van der Waals surface area contributed by atoms with Crippen LogP contribution in [0.3, 0.4) is 0 Å². The van der Waals surface area contributed by atoms with Crippen molar-refractivity contribution >= 4 is 46.3 Å². The SMILES string of the molecule is CCOC(=O)COc1cccc(/C=C2\SC(=Nc3ccccc3)N(c3ccccc3)C2=O)c1. The van der Waals surface area contributed by atoms with E-state index in [9.17, 15) is 9.59 Å². The molecule has 0 N–H and O–H groups in total. The second kappa shape index (κ2) is 10.7. The highest BCUT2D eigenvalue weighted by Crippen LogP contribution is 2.37. The highest BCUT2D eigenvalue weighted by Gasteiger charge is 2.34. The fraction of sp³-hybridized carbons (Fsp3) is 0.115. The molecule has 0 spiro atoms. The Morgan fingerprint density at radius 3 is 2.45 bits per heavy atom. The van der Waals surface area contributed by atoms with Gasteiger partial charge in [-0.3, -0.25) is 9.69 Å². The van der Waals surface area contributed by atoms with Gasteiger partial charge < -0.3 is 9.47 Å². The summed E-state index contributed by atoms with van der Waals surface area (Å²) < 4.78 is 10.4. The quantitative estimate of drug-likeness (QED) is 0.349. The molecule has 1 heterocycles. The van der Waals surface area contributed by atoms with Gasteiger partial charge in [0.15, 0.2) is 11.8 Å². The van der Waals surface area contributed by atoms with Crippen LogP contribution >= 0.6 is 11.8 Å². The Kier molecular flexibility index (Phi) is 7.22. The molecule has 0 atom stereocenters. The molecule has 166 valence electrons. The van der Waals surface area contributed by atoms with Crippen molar-refractivity contribution in [1.29, 1.82) is 0 Å². The number of thioether (sulfide) groups is 1. The number of aliphatic imine (C=N–C) groups is 1. The average molecular weight is 459 g/mol. The van der Waals surface area contributed by atoms with Gasteiger partial charge in [-0.05, 0) is 66.7 Å². The second-order valence-corrected chi connectivity index (χ2v) is 7.99. The Bertz CT molecular complexity index is 1190. The molecule has 0 radical (unpaired) electrons. The van der Waals surface area contributed by atoms with Crippen molar-refractivity contribution in [3.05, 3.63) is 95.4 Å². The summed E-state index contributed by atoms with van der Waals surface area (Å²) in [5.74, 6) is -0.0623. The van der Waals surface area contributed by atoms with Crippen LogP contribution in [-0.4, -0.2) is 30.3 Å². The molecule has 0 unspecified atom stereocenters. The Labute approximate surface area is 196 Å². The van der Waals surface area contributed by atoms with Crippen molar-refractivity contribution < 1.29 is 19.1 Å². The highest BCUT2D eigenvalue weighted by molar-refractivity contribution is 8.19. The minimum atomic E-state index is -0.428. The van der Waals surface area contributed by atoms with E-state index in [0.717, 1.165) is 16.9 Å². The highest BCUT2D eigenvalue weighted by atomic mass is 32.2. The molecule has 0 bridgehead atoms. The van der Waals surface area contributed by atoms with Gasteiger partial charge in [-0.25, -0.2) is 9.79 Å². The standard InChI is InChI=1S/C26H22N2O4S/c1-2-31-24(29)18-32-22-15-9-10-19(16-22)17-23-25(30)28(21-13-7-4-8-14-21)26(33-23)27-20-11-5-3-6-12-20/h3-17H,2,18H2,1H3/b23-17-,27-26?. The van der Waals surface area contributed by atoms with Crippen molar-refractivity contribution in [2.24, 2.45) is 4.99 Å². The molecule has 1 saturated heterocycles. The number of amidine groups is 1. The number of benzene rings is 3. The maximum absolute atomic E-state index is 13.3. The number of esters is 1. The minimum absolute atomic E-state index is 0.154. The second-order valence-electron chi connectivity index (χ2n) is 6.98. The van der Waals surface area contributed by atoms with Crippen LogP contribution in [0.2, 0.25) is 0 Å². The van der Waals surface area contributed by atoms with Crippen LogP contribution < -0.4 is 9.64 Å². The lowest BCUT2D eigenvalue weighted by Gasteiger charge is -2.15. The first kappa shape index (κ1) is 22.4. The van der Waals surface area contributed by atoms with Crippen molar-refractivity contribution in [2.45, 2.75) is 6.92 Å². The summed E-state index contributed by atoms with van der Waals surface area (Å²) in [7, 11) is 0. The van der Waals surface area contributed by atoms with Gasteiger partial charge in [-0.15, -0.1) is 0 Å². The number of anilines is 1. The summed E-state index contributed by atoms with van der Waals surface area (Å²) in [5, 5.41) is 0.582. The number of hydrogen-bond donors (Lipinski definition) is 0. The van der Waals surface area contributed by atoms with Gasteiger partial charge in [0.1, 0.15) is 5.75 Å². The summed E-state index contributed by atoms with van der Waals surface area (Å²) in [6.45, 7) is 1.88. The van der Waals surface area contributed by atoms with Gasteiger partial charge in [0.05, 0.1) is 22.9 Å². The maximum atomic E-state index is 13.3. The molecule has 6 nitrogen and oxygen atoms in total. The first-order valence-corrected chi connectivity index (χ1v) is 11.3. The Morgan fingerprint density at radius 2 is 1.73 bits per heavy atom. The van der Waals surface area contributed by atoms with Gasteiger partial charge >= 0.3 is 5.97 Å². The van der Waals surface area contributed by atoms with Crippen LogP contribution in [0.25, 0.3) is 6.08 Å². The van der Waals surface area contributed by atoms with Crippen LogP contribution in [-0.2, 0) is 14.3 Å². The van der Waals surface area contributed by atoms with Crippen LogP contribution in [0, 0.1) is 0 Å². The molecular weight excluding hydrogens is 436 g/mol. The zero-order valence-electron chi connectivity index (χ0n) is 18.0. The zero-order valence-corrected chi connectivity index (χ0v) is 18.8. The fourth-order valence-electron chi connectivity index (χ4n) is 3.16. The van der Waals surface area contributed by atoms with E-state index < -0.39 is 5.97 Å². The van der Waals surface area contributed by atoms with E-state index in [1.54, 1.807) is 30.0 Å². The van der Waals surface area contributed by atoms with Crippen LogP contribution in [0.1, 0.15) is 12.5 Å². The van der Waals surface area contributed by atoms with E-state index in [-0.39, 0.29) is 12.5 Å². The van der Waals surface area contributed by atoms with Crippen molar-refractivity contribution in [3.8, 4) is 5.75 Å². The van der Waals surface area contributed by atoms with E-state index in [1.807, 2.05) is 72.8 Å². The molecule has 0 aliphatic carbocycles. The Balaban J connectivity index is 1.62. The monoisotopic (exact) mass is 458 g/mol. The number of carbonyl (C=O) groups excluding carboxylic acids is 2. The van der Waals surface area contributed by atoms with Crippen molar-refractivity contribution in [3.63, 3.8) is 0 Å². The average Bonchev–Trinajstić information content (AvgIpc) is 3.13. The lowest BCUT2D eigenvalue weighted by Crippen LogP contribution is -2.28. The summed E-state index contributed by atoms with van der Waals surface area (Å²) >= 11 is 1.31. The predicted octanol–water partition coefficient (Wildman–Crippen LogP) is 5.44. The molecule has 0 saturated carbocycles. The first-order chi connectivity index (χ1) is 16.1. The molecule has 1 amide bonds. The molecule has 1 fully saturated rings. The van der Waals surface area contributed by atoms with Gasteiger partial charge in [-0.1, -0.05) is 48.5 Å². The molecule has 1 aliphatic rings. The Morgan fingerprint density at radius 1 is 1.00 bits per heavy atom. The number of ether oxygens (including phenoxy) is 2. The molecule has 4 rings (SSSR count). The van der Waals surface area contributed by atoms with Gasteiger partial charge in [0.25, 0.3) is 5.91 Å². The number of amides is 1. The van der Waals surface area contributed by atoms with Gasteiger partial charge in [0, 0.05) is 0 Å². The van der Waals surface area contributed by atoms with Gasteiger partial charge in [0.2, 0.25) is 0 Å². The number of hydrogen-bond acceptors (Lipinski definition) is 6. The van der Waals surface area contributed by atoms with Gasteiger partial charge in [-0.2, -0.15) is 0 Å². The molecule has 1 aliphatic heterocycles. The normalized spacial score (nSPS) is 15.8. The number of carbonyl (C=O) groups is 2. The largest absolute Gasteiger partial charge is 0.482 e. The smallest absolute Gasteiger partial charge is 0.344 e. The third-order valence-corrected chi connectivity index (χ3v) is 5.59. The first-order valence-electron chi connectivity index (χ1n) is 10.5. The third kappa shape index (κ3) is 5.70. The van der Waals surface area contributed by atoms with E-state index in [2.05, 4.69) is 0 Å². The van der Waals surface area contributed by atoms with E-state index >= 15 is 0 Å². The van der Waals surface area contributed by atoms with Crippen LogP contribution in [0.15, 0.2) is 94.8 Å². The molecule has 0 aromatic heterocycles. The summed E-state index contributed by atoms with van der Waals surface area (Å²) in [6, 6.07) is 26.2. The summed E-state index contributed by atoms with van der Waals surface area (Å²) in [6.07, 6.45) is 1.80. The topological polar surface area (TPSA) is 68.2 Å². The minimum Gasteiger partial charge on any atom is -0.482 e. The lowest BCUT2D eigenvalue weighted by atomic mass is 10.2. The zero-order chi connectivity index (χ0) is 23.0. The van der Waals surface area contributed by atoms with E-state index in [1.165, 1.54) is 11.8 Å². The fourth-order valence-corrected chi connectivity index (χ4v) is 4.16. The molecular formula is C26H22N2O4S. The number of rotatable bonds is 7. The molecule has 3 aromatic rings. The Hall–Kier alpha value is -3.84. The van der Waals surface area contributed by atoms with Crippen LogP contribution in [0.5, 0.6) is 5.75 Å². The molecule has 7 heteroatoms. The number of para-hydroxylation sites is 2. The predicted molar refractivity (Wildman–Crippen MR) is 132 cm³/mol. The molecule has 33 heavy (non-hydrogen) atoms. The third-order valence-electron chi connectivity index (χ3n) is 4.62. The van der Waals surface area contributed by atoms with Crippen LogP contribution in [0.4, 0.5) is 11.4 Å². The van der Waals surface area contributed by atoms with Crippen molar-refractivity contribution in [1.82, 2.24) is 0 Å². The van der Waals surface area contributed by atoms with E-state index in [0.29, 0.717) is 22.4 Å². The maximum Gasteiger partial charge on any atom is 0.344 e.